The van der Waals surface area contributed by atoms with E-state index in [1.54, 1.807) is 45.3 Å². The highest BCUT2D eigenvalue weighted by molar-refractivity contribution is 7.92. The number of sulfone groups is 2. The van der Waals surface area contributed by atoms with Crippen LogP contribution in [0.2, 0.25) is 0 Å². The van der Waals surface area contributed by atoms with Crippen LogP contribution in [0.1, 0.15) is 126 Å². The topological polar surface area (TPSA) is 120 Å². The van der Waals surface area contributed by atoms with Gasteiger partial charge in [0, 0.05) is 39.0 Å². The molecule has 6 aromatic heterocycles. The molecule has 0 aliphatic heterocycles. The second-order valence-corrected chi connectivity index (χ2v) is 26.6. The Balaban J connectivity index is 1.39. The molecule has 0 atom stereocenters. The van der Waals surface area contributed by atoms with Gasteiger partial charge in [0.25, 0.3) is 0 Å². The summed E-state index contributed by atoms with van der Waals surface area (Å²) in [6.45, 7) is 8.57. The van der Waals surface area contributed by atoms with Gasteiger partial charge >= 0.3 is 0 Å². The predicted octanol–water partition coefficient (Wildman–Crippen LogP) is 16.0. The summed E-state index contributed by atoms with van der Waals surface area (Å²) in [6.07, 6.45) is 16.7. The zero-order valence-corrected chi connectivity index (χ0v) is 41.9. The summed E-state index contributed by atoms with van der Waals surface area (Å²) in [5.41, 5.74) is 14.4. The van der Waals surface area contributed by atoms with Crippen LogP contribution in [-0.4, -0.2) is 28.3 Å². The van der Waals surface area contributed by atoms with E-state index >= 15 is 0 Å². The van der Waals surface area contributed by atoms with E-state index in [-0.39, 0.29) is 32.7 Å². The summed E-state index contributed by atoms with van der Waals surface area (Å²) in [4.78, 5) is 10.9. The highest BCUT2D eigenvalue weighted by Crippen LogP contribution is 2.56. The second kappa shape index (κ2) is 21.9. The lowest BCUT2D eigenvalue weighted by Gasteiger charge is -2.08. The van der Waals surface area contributed by atoms with E-state index < -0.39 is 19.7 Å². The monoisotopic (exact) mass is 960 g/mol. The molecular formula is C46H60N2O4S8. The minimum atomic E-state index is -3.81. The zero-order valence-electron chi connectivity index (χ0n) is 35.4. The lowest BCUT2D eigenvalue weighted by molar-refractivity contribution is 0.572. The smallest absolute Gasteiger partial charge is 0.181 e. The van der Waals surface area contributed by atoms with Crippen molar-refractivity contribution in [3.63, 3.8) is 0 Å². The number of hydrogen-bond acceptors (Lipinski definition) is 12. The summed E-state index contributed by atoms with van der Waals surface area (Å²) in [7, 11) is -7.63. The van der Waals surface area contributed by atoms with Crippen molar-refractivity contribution in [2.45, 2.75) is 140 Å². The number of nitrogen functional groups attached to an aromatic ring is 2. The fraction of sp³-hybridized carbons (Fsp3) is 0.478. The molecule has 0 aromatic carbocycles. The predicted molar refractivity (Wildman–Crippen MR) is 269 cm³/mol. The molecule has 60 heavy (non-hydrogen) atoms. The van der Waals surface area contributed by atoms with Crippen molar-refractivity contribution < 1.29 is 16.8 Å². The Morgan fingerprint density at radius 1 is 0.383 bits per heavy atom. The van der Waals surface area contributed by atoms with Crippen LogP contribution in [0.15, 0.2) is 58.3 Å². The van der Waals surface area contributed by atoms with Gasteiger partial charge in [0.05, 0.1) is 42.4 Å². The lowest BCUT2D eigenvalue weighted by atomic mass is 10.1. The first-order chi connectivity index (χ1) is 28.8. The van der Waals surface area contributed by atoms with Crippen LogP contribution in [0.4, 0.5) is 11.4 Å². The second-order valence-electron chi connectivity index (χ2n) is 15.7. The minimum Gasteiger partial charge on any atom is -0.396 e. The normalized spacial score (nSPS) is 12.3. The van der Waals surface area contributed by atoms with Crippen LogP contribution in [-0.2, 0) is 19.7 Å². The van der Waals surface area contributed by atoms with Crippen molar-refractivity contribution in [1.82, 2.24) is 0 Å². The fourth-order valence-electron chi connectivity index (χ4n) is 7.51. The van der Waals surface area contributed by atoms with Crippen LogP contribution in [0.3, 0.4) is 0 Å². The maximum atomic E-state index is 14.5. The standard InChI is InChI=1S/C46H60N2O4S8/c1-5-7-9-11-13-15-17-19-29-59(49,50)45-39(47)43(57-41(45)37-27-25-35(55-37)33-23-21-31(3)53-33)44-40(48)46(60(51,52)30-20-18-16-14-12-10-8-6-2)42(58-44)38-28-26-36(56-38)34-24-22-32(4)54-34/h21-28H,5-20,29-30,47-48H2,1-4H3. The van der Waals surface area contributed by atoms with Crippen LogP contribution in [0.5, 0.6) is 0 Å². The molecule has 4 N–H and O–H groups in total. The first kappa shape index (κ1) is 47.2. The number of rotatable bonds is 25. The Morgan fingerprint density at radius 2 is 0.683 bits per heavy atom. The average molecular weight is 962 g/mol. The largest absolute Gasteiger partial charge is 0.396 e. The zero-order chi connectivity index (χ0) is 42.9. The van der Waals surface area contributed by atoms with Crippen molar-refractivity contribution >= 4 is 99.1 Å². The lowest BCUT2D eigenvalue weighted by Crippen LogP contribution is -2.10. The summed E-state index contributed by atoms with van der Waals surface area (Å²) >= 11 is 9.16. The molecule has 0 fully saturated rings. The average Bonchev–Trinajstić information content (AvgIpc) is 4.07. The SMILES string of the molecule is CCCCCCCCCCS(=O)(=O)c1c(-c2ccc(-c3ccc(C)s3)s2)sc(-c2sc(-c3ccc(-c4ccc(C)s4)s3)c(S(=O)(=O)CCCCCCCCCC)c2N)c1N. The van der Waals surface area contributed by atoms with Gasteiger partial charge in [0.15, 0.2) is 19.7 Å². The number of aryl methyl sites for hydroxylation is 2. The van der Waals surface area contributed by atoms with Crippen LogP contribution in [0.25, 0.3) is 48.8 Å². The first-order valence-electron chi connectivity index (χ1n) is 21.5. The summed E-state index contributed by atoms with van der Waals surface area (Å²) < 4.78 is 57.9. The third-order valence-electron chi connectivity index (χ3n) is 10.8. The molecule has 326 valence electrons. The molecular weight excluding hydrogens is 901 g/mol. The van der Waals surface area contributed by atoms with Crippen molar-refractivity contribution in [3.8, 4) is 48.8 Å². The minimum absolute atomic E-state index is 0.00125. The molecule has 6 aromatic rings. The van der Waals surface area contributed by atoms with Crippen molar-refractivity contribution in [2.75, 3.05) is 23.0 Å². The summed E-state index contributed by atoms with van der Waals surface area (Å²) in [5.74, 6) is 0.00249. The Labute approximate surface area is 383 Å². The van der Waals surface area contributed by atoms with E-state index in [1.165, 1.54) is 83.8 Å². The molecule has 0 saturated heterocycles. The number of nitrogens with two attached hydrogens (primary N) is 2. The Bertz CT molecular complexity index is 2350. The van der Waals surface area contributed by atoms with Gasteiger partial charge in [-0.3, -0.25) is 0 Å². The molecule has 0 aliphatic carbocycles. The maximum Gasteiger partial charge on any atom is 0.181 e. The number of thiophene rings is 6. The number of hydrogen-bond donors (Lipinski definition) is 2. The molecule has 6 heterocycles. The maximum absolute atomic E-state index is 14.5. The Kier molecular flexibility index (Phi) is 17.2. The first-order valence-corrected chi connectivity index (χ1v) is 29.7. The van der Waals surface area contributed by atoms with E-state index in [0.717, 1.165) is 67.8 Å². The van der Waals surface area contributed by atoms with Crippen molar-refractivity contribution in [1.29, 1.82) is 0 Å². The molecule has 6 nitrogen and oxygen atoms in total. The number of anilines is 2. The molecule has 0 aliphatic rings. The van der Waals surface area contributed by atoms with E-state index in [9.17, 15) is 16.8 Å². The summed E-state index contributed by atoms with van der Waals surface area (Å²) in [6, 6.07) is 16.5. The molecule has 14 heteroatoms. The molecule has 0 amide bonds. The third kappa shape index (κ3) is 11.6. The van der Waals surface area contributed by atoms with Crippen molar-refractivity contribution in [2.24, 2.45) is 0 Å². The van der Waals surface area contributed by atoms with E-state index in [1.807, 2.05) is 24.3 Å². The van der Waals surface area contributed by atoms with Gasteiger partial charge in [-0.2, -0.15) is 0 Å². The molecule has 0 radical (unpaired) electrons. The quantitative estimate of drug-likeness (QED) is 0.0552. The van der Waals surface area contributed by atoms with Crippen LogP contribution >= 0.6 is 68.0 Å². The van der Waals surface area contributed by atoms with E-state index in [2.05, 4.69) is 52.0 Å². The Hall–Kier alpha value is -2.30. The highest BCUT2D eigenvalue weighted by atomic mass is 32.2. The van der Waals surface area contributed by atoms with Gasteiger partial charge in [0.2, 0.25) is 0 Å². The van der Waals surface area contributed by atoms with Gasteiger partial charge in [-0.1, -0.05) is 104 Å². The molecule has 6 rings (SSSR count). The van der Waals surface area contributed by atoms with Crippen LogP contribution < -0.4 is 11.5 Å². The number of unbranched alkanes of at least 4 members (excludes halogenated alkanes) is 14. The van der Waals surface area contributed by atoms with E-state index in [0.29, 0.717) is 32.4 Å². The molecule has 0 bridgehead atoms. The molecule has 0 unspecified atom stereocenters. The third-order valence-corrected chi connectivity index (χ3v) is 22.3. The van der Waals surface area contributed by atoms with Crippen molar-refractivity contribution in [3.05, 3.63) is 58.3 Å². The van der Waals surface area contributed by atoms with Gasteiger partial charge < -0.3 is 11.5 Å². The van der Waals surface area contributed by atoms with Gasteiger partial charge in [-0.25, -0.2) is 16.8 Å². The summed E-state index contributed by atoms with van der Waals surface area (Å²) in [5, 5.41) is 0. The molecule has 0 saturated carbocycles. The van der Waals surface area contributed by atoms with E-state index in [4.69, 9.17) is 11.5 Å². The Morgan fingerprint density at radius 3 is 1.02 bits per heavy atom. The van der Waals surface area contributed by atoms with Gasteiger partial charge in [0.1, 0.15) is 9.79 Å². The fourth-order valence-corrected chi connectivity index (χ4v) is 18.6. The van der Waals surface area contributed by atoms with Gasteiger partial charge in [-0.05, 0) is 75.2 Å². The van der Waals surface area contributed by atoms with Crippen LogP contribution in [0, 0.1) is 13.8 Å². The van der Waals surface area contributed by atoms with Gasteiger partial charge in [-0.15, -0.1) is 68.0 Å². The molecule has 0 spiro atoms. The highest BCUT2D eigenvalue weighted by Gasteiger charge is 2.34.